The molecule has 2 aliphatic rings. The molecule has 3 heterocycles. The third-order valence-corrected chi connectivity index (χ3v) is 3.78. The lowest BCUT2D eigenvalue weighted by Crippen LogP contribution is -2.27. The highest BCUT2D eigenvalue weighted by molar-refractivity contribution is 5.36. The number of nitrogens with one attached hydrogen (secondary N) is 1. The van der Waals surface area contributed by atoms with Gasteiger partial charge in [0, 0.05) is 37.9 Å². The van der Waals surface area contributed by atoms with E-state index in [0.717, 1.165) is 49.7 Å². The van der Waals surface area contributed by atoms with Gasteiger partial charge in [0.05, 0.1) is 6.61 Å². The molecule has 2 saturated heterocycles. The predicted octanol–water partition coefficient (Wildman–Crippen LogP) is 0.839. The van der Waals surface area contributed by atoms with Crippen molar-refractivity contribution in [2.75, 3.05) is 37.7 Å². The molecule has 0 aliphatic carbocycles. The molecular formula is C13H20N4O. The molecular weight excluding hydrogens is 228 g/mol. The van der Waals surface area contributed by atoms with Gasteiger partial charge in [0.25, 0.3) is 0 Å². The number of ether oxygens (including phenoxy) is 1. The topological polar surface area (TPSA) is 50.3 Å². The molecule has 0 spiro atoms. The van der Waals surface area contributed by atoms with Gasteiger partial charge in [0.15, 0.2) is 0 Å². The van der Waals surface area contributed by atoms with Crippen LogP contribution in [0.25, 0.3) is 0 Å². The zero-order valence-corrected chi connectivity index (χ0v) is 11.0. The lowest BCUT2D eigenvalue weighted by molar-refractivity contribution is 0.326. The van der Waals surface area contributed by atoms with Gasteiger partial charge in [-0.1, -0.05) is 0 Å². The summed E-state index contributed by atoms with van der Waals surface area (Å²) in [4.78, 5) is 11.3. The first-order chi connectivity index (χ1) is 8.76. The van der Waals surface area contributed by atoms with Crippen LogP contribution in [0.5, 0.6) is 5.88 Å². The van der Waals surface area contributed by atoms with Gasteiger partial charge < -0.3 is 15.0 Å². The Morgan fingerprint density at radius 3 is 2.72 bits per heavy atom. The first kappa shape index (κ1) is 11.7. The molecule has 2 unspecified atom stereocenters. The zero-order valence-electron chi connectivity index (χ0n) is 11.0. The molecule has 2 fully saturated rings. The fraction of sp³-hybridized carbons (Fsp3) is 0.692. The van der Waals surface area contributed by atoms with Crippen LogP contribution in [0.3, 0.4) is 0 Å². The Bertz CT molecular complexity index is 425. The largest absolute Gasteiger partial charge is 0.478 e. The highest BCUT2D eigenvalue weighted by atomic mass is 16.5. The minimum Gasteiger partial charge on any atom is -0.478 e. The number of aryl methyl sites for hydroxylation is 1. The van der Waals surface area contributed by atoms with Crippen LogP contribution in [0.15, 0.2) is 6.07 Å². The van der Waals surface area contributed by atoms with E-state index in [1.165, 1.54) is 0 Å². The van der Waals surface area contributed by atoms with Crippen molar-refractivity contribution in [2.24, 2.45) is 11.8 Å². The SMILES string of the molecule is CCOc1cc(C)nc(N2CC3CNCC3C2)n1. The number of hydrogen-bond donors (Lipinski definition) is 1. The van der Waals surface area contributed by atoms with Crippen LogP contribution in [-0.4, -0.2) is 42.8 Å². The minimum atomic E-state index is 0.644. The van der Waals surface area contributed by atoms with E-state index in [2.05, 4.69) is 20.2 Å². The minimum absolute atomic E-state index is 0.644. The molecule has 5 heteroatoms. The second-order valence-electron chi connectivity index (χ2n) is 5.16. The second-order valence-corrected chi connectivity index (χ2v) is 5.16. The van der Waals surface area contributed by atoms with E-state index in [-0.39, 0.29) is 0 Å². The number of anilines is 1. The van der Waals surface area contributed by atoms with E-state index in [9.17, 15) is 0 Å². The number of rotatable bonds is 3. The Hall–Kier alpha value is -1.36. The molecule has 1 N–H and O–H groups in total. The summed E-state index contributed by atoms with van der Waals surface area (Å²) in [6, 6.07) is 1.89. The molecule has 1 aromatic rings. The van der Waals surface area contributed by atoms with Crippen molar-refractivity contribution in [1.29, 1.82) is 0 Å². The van der Waals surface area contributed by atoms with Crippen LogP contribution in [0.2, 0.25) is 0 Å². The average molecular weight is 248 g/mol. The number of fused-ring (bicyclic) bond motifs is 1. The molecule has 0 saturated carbocycles. The van der Waals surface area contributed by atoms with Crippen LogP contribution in [0.1, 0.15) is 12.6 Å². The summed E-state index contributed by atoms with van der Waals surface area (Å²) in [5.74, 6) is 3.03. The summed E-state index contributed by atoms with van der Waals surface area (Å²) in [5.41, 5.74) is 0.971. The molecule has 2 aliphatic heterocycles. The molecule has 98 valence electrons. The van der Waals surface area contributed by atoms with Crippen LogP contribution in [0, 0.1) is 18.8 Å². The first-order valence-electron chi connectivity index (χ1n) is 6.70. The van der Waals surface area contributed by atoms with Gasteiger partial charge in [-0.3, -0.25) is 0 Å². The van der Waals surface area contributed by atoms with Crippen molar-refractivity contribution >= 4 is 5.95 Å². The third kappa shape index (κ3) is 2.14. The molecule has 0 radical (unpaired) electrons. The van der Waals surface area contributed by atoms with E-state index < -0.39 is 0 Å². The maximum Gasteiger partial charge on any atom is 0.228 e. The quantitative estimate of drug-likeness (QED) is 0.859. The summed E-state index contributed by atoms with van der Waals surface area (Å²) >= 11 is 0. The number of aromatic nitrogens is 2. The Labute approximate surface area is 108 Å². The molecule has 1 aromatic heterocycles. The molecule has 5 nitrogen and oxygen atoms in total. The summed E-state index contributed by atoms with van der Waals surface area (Å²) in [6.07, 6.45) is 0. The van der Waals surface area contributed by atoms with Crippen molar-refractivity contribution in [3.63, 3.8) is 0 Å². The van der Waals surface area contributed by atoms with Gasteiger partial charge in [0.2, 0.25) is 11.8 Å². The highest BCUT2D eigenvalue weighted by Crippen LogP contribution is 2.29. The number of hydrogen-bond acceptors (Lipinski definition) is 5. The summed E-state index contributed by atoms with van der Waals surface area (Å²) in [5, 5.41) is 3.45. The van der Waals surface area contributed by atoms with Crippen LogP contribution in [-0.2, 0) is 0 Å². The summed E-state index contributed by atoms with van der Waals surface area (Å²) in [7, 11) is 0. The normalized spacial score (nSPS) is 26.4. The lowest BCUT2D eigenvalue weighted by Gasteiger charge is -2.18. The third-order valence-electron chi connectivity index (χ3n) is 3.78. The van der Waals surface area contributed by atoms with Crippen LogP contribution in [0.4, 0.5) is 5.95 Å². The Kier molecular flexibility index (Phi) is 3.07. The van der Waals surface area contributed by atoms with Crippen molar-refractivity contribution in [3.8, 4) is 5.88 Å². The van der Waals surface area contributed by atoms with Crippen molar-refractivity contribution in [3.05, 3.63) is 11.8 Å². The second kappa shape index (κ2) is 4.72. The lowest BCUT2D eigenvalue weighted by atomic mass is 10.0. The van der Waals surface area contributed by atoms with E-state index in [0.29, 0.717) is 12.5 Å². The van der Waals surface area contributed by atoms with E-state index in [1.807, 2.05) is 19.9 Å². The summed E-state index contributed by atoms with van der Waals surface area (Å²) < 4.78 is 5.49. The van der Waals surface area contributed by atoms with E-state index in [1.54, 1.807) is 0 Å². The van der Waals surface area contributed by atoms with Gasteiger partial charge in [-0.25, -0.2) is 4.98 Å². The smallest absolute Gasteiger partial charge is 0.228 e. The fourth-order valence-corrected chi connectivity index (χ4v) is 2.91. The van der Waals surface area contributed by atoms with Crippen LogP contribution < -0.4 is 15.0 Å². The Morgan fingerprint density at radius 2 is 2.06 bits per heavy atom. The predicted molar refractivity (Wildman–Crippen MR) is 70.0 cm³/mol. The maximum atomic E-state index is 5.49. The standard InChI is InChI=1S/C13H20N4O/c1-3-18-12-4-9(2)15-13(16-12)17-7-10-5-14-6-11(10)8-17/h4,10-11,14H,3,5-8H2,1-2H3. The van der Waals surface area contributed by atoms with Crippen molar-refractivity contribution in [1.82, 2.24) is 15.3 Å². The van der Waals surface area contributed by atoms with E-state index in [4.69, 9.17) is 4.74 Å². The van der Waals surface area contributed by atoms with Gasteiger partial charge in [-0.2, -0.15) is 4.98 Å². The Morgan fingerprint density at radius 1 is 1.33 bits per heavy atom. The molecule has 0 aromatic carbocycles. The average Bonchev–Trinajstić information content (AvgIpc) is 2.88. The molecule has 2 atom stereocenters. The first-order valence-corrected chi connectivity index (χ1v) is 6.70. The monoisotopic (exact) mass is 248 g/mol. The zero-order chi connectivity index (χ0) is 12.5. The number of nitrogens with zero attached hydrogens (tertiary/aromatic N) is 3. The molecule has 0 bridgehead atoms. The van der Waals surface area contributed by atoms with Gasteiger partial charge >= 0.3 is 0 Å². The van der Waals surface area contributed by atoms with Crippen molar-refractivity contribution < 1.29 is 4.74 Å². The van der Waals surface area contributed by atoms with Gasteiger partial charge in [-0.05, 0) is 25.7 Å². The summed E-state index contributed by atoms with van der Waals surface area (Å²) in [6.45, 7) is 9.00. The van der Waals surface area contributed by atoms with E-state index >= 15 is 0 Å². The van der Waals surface area contributed by atoms with Crippen LogP contribution >= 0.6 is 0 Å². The van der Waals surface area contributed by atoms with Crippen molar-refractivity contribution in [2.45, 2.75) is 13.8 Å². The Balaban J connectivity index is 1.79. The van der Waals surface area contributed by atoms with Gasteiger partial charge in [-0.15, -0.1) is 0 Å². The highest BCUT2D eigenvalue weighted by Gasteiger charge is 2.37. The maximum absolute atomic E-state index is 5.49. The molecule has 18 heavy (non-hydrogen) atoms. The van der Waals surface area contributed by atoms with Gasteiger partial charge in [0.1, 0.15) is 0 Å². The fourth-order valence-electron chi connectivity index (χ4n) is 2.91. The molecule has 0 amide bonds. The molecule has 3 rings (SSSR count).